The summed E-state index contributed by atoms with van der Waals surface area (Å²) >= 11 is 0. The number of rotatable bonds is 4. The lowest BCUT2D eigenvalue weighted by Gasteiger charge is -2.18. The summed E-state index contributed by atoms with van der Waals surface area (Å²) in [6.07, 6.45) is 1.73. The number of hydrogen-bond acceptors (Lipinski definition) is 3. The molecule has 0 radical (unpaired) electrons. The quantitative estimate of drug-likeness (QED) is 0.802. The predicted octanol–water partition coefficient (Wildman–Crippen LogP) is 3.31. The number of para-hydroxylation sites is 2. The number of carbonyl (C=O) groups excluding carboxylic acids is 1. The second-order valence-corrected chi connectivity index (χ2v) is 5.12. The summed E-state index contributed by atoms with van der Waals surface area (Å²) in [4.78, 5) is 18.5. The SMILES string of the molecule is CN(CC(=O)Nc1cccc2cccnc12)c1ccccc1. The number of amides is 1. The maximum absolute atomic E-state index is 12.3. The molecule has 1 heterocycles. The molecule has 0 bridgehead atoms. The van der Waals surface area contributed by atoms with E-state index in [4.69, 9.17) is 0 Å². The Hall–Kier alpha value is -2.88. The Morgan fingerprint density at radius 2 is 1.82 bits per heavy atom. The summed E-state index contributed by atoms with van der Waals surface area (Å²) in [5.74, 6) is -0.0653. The number of fused-ring (bicyclic) bond motifs is 1. The van der Waals surface area contributed by atoms with Crippen LogP contribution in [-0.2, 0) is 4.79 Å². The standard InChI is InChI=1S/C18H17N3O/c1-21(15-9-3-2-4-10-15)13-17(22)20-16-11-5-7-14-8-6-12-19-18(14)16/h2-12H,13H2,1H3,(H,20,22). The fourth-order valence-electron chi connectivity index (χ4n) is 2.38. The number of pyridine rings is 1. The Balaban J connectivity index is 1.74. The summed E-state index contributed by atoms with van der Waals surface area (Å²) in [5, 5.41) is 3.95. The van der Waals surface area contributed by atoms with Gasteiger partial charge in [0.15, 0.2) is 0 Å². The highest BCUT2D eigenvalue weighted by Gasteiger charge is 2.09. The van der Waals surface area contributed by atoms with Crippen LogP contribution in [-0.4, -0.2) is 24.5 Å². The van der Waals surface area contributed by atoms with Crippen LogP contribution in [0.3, 0.4) is 0 Å². The number of carbonyl (C=O) groups is 1. The van der Waals surface area contributed by atoms with E-state index >= 15 is 0 Å². The van der Waals surface area contributed by atoms with E-state index in [1.165, 1.54) is 0 Å². The molecule has 0 aliphatic heterocycles. The van der Waals surface area contributed by atoms with Crippen LogP contribution in [0, 0.1) is 0 Å². The topological polar surface area (TPSA) is 45.2 Å². The highest BCUT2D eigenvalue weighted by molar-refractivity contribution is 6.01. The zero-order chi connectivity index (χ0) is 15.4. The van der Waals surface area contributed by atoms with Gasteiger partial charge < -0.3 is 10.2 Å². The molecule has 110 valence electrons. The second kappa shape index (κ2) is 6.26. The van der Waals surface area contributed by atoms with Crippen molar-refractivity contribution >= 4 is 28.2 Å². The van der Waals surface area contributed by atoms with Crippen LogP contribution in [0.2, 0.25) is 0 Å². The first kappa shape index (κ1) is 14.1. The molecule has 3 rings (SSSR count). The Bertz CT molecular complexity index is 781. The van der Waals surface area contributed by atoms with Gasteiger partial charge in [-0.05, 0) is 24.3 Å². The van der Waals surface area contributed by atoms with Gasteiger partial charge >= 0.3 is 0 Å². The molecule has 0 unspecified atom stereocenters. The largest absolute Gasteiger partial charge is 0.365 e. The van der Waals surface area contributed by atoms with Gasteiger partial charge in [0.2, 0.25) is 5.91 Å². The third-order valence-electron chi connectivity index (χ3n) is 3.48. The van der Waals surface area contributed by atoms with E-state index in [0.717, 1.165) is 22.3 Å². The van der Waals surface area contributed by atoms with Crippen LogP contribution >= 0.6 is 0 Å². The molecule has 0 fully saturated rings. The summed E-state index contributed by atoms with van der Waals surface area (Å²) in [7, 11) is 1.90. The Morgan fingerprint density at radius 1 is 1.05 bits per heavy atom. The van der Waals surface area contributed by atoms with E-state index in [-0.39, 0.29) is 12.5 Å². The van der Waals surface area contributed by atoms with Crippen molar-refractivity contribution in [3.05, 3.63) is 66.9 Å². The molecule has 0 spiro atoms. The van der Waals surface area contributed by atoms with Crippen LogP contribution in [0.25, 0.3) is 10.9 Å². The summed E-state index contributed by atoms with van der Waals surface area (Å²) in [6.45, 7) is 0.285. The van der Waals surface area contributed by atoms with Crippen LogP contribution in [0.5, 0.6) is 0 Å². The van der Waals surface area contributed by atoms with Gasteiger partial charge in [-0.3, -0.25) is 9.78 Å². The fourth-order valence-corrected chi connectivity index (χ4v) is 2.38. The van der Waals surface area contributed by atoms with Gasteiger partial charge in [-0.1, -0.05) is 36.4 Å². The smallest absolute Gasteiger partial charge is 0.243 e. The Kier molecular flexibility index (Phi) is 4.01. The molecule has 0 saturated carbocycles. The first-order valence-corrected chi connectivity index (χ1v) is 7.14. The highest BCUT2D eigenvalue weighted by Crippen LogP contribution is 2.20. The van der Waals surface area contributed by atoms with Gasteiger partial charge in [-0.2, -0.15) is 0 Å². The maximum atomic E-state index is 12.3. The summed E-state index contributed by atoms with van der Waals surface area (Å²) in [5.41, 5.74) is 2.55. The van der Waals surface area contributed by atoms with E-state index in [0.29, 0.717) is 0 Å². The van der Waals surface area contributed by atoms with Crippen molar-refractivity contribution in [3.8, 4) is 0 Å². The Morgan fingerprint density at radius 3 is 2.64 bits per heavy atom. The lowest BCUT2D eigenvalue weighted by molar-refractivity contribution is -0.114. The molecular weight excluding hydrogens is 274 g/mol. The lowest BCUT2D eigenvalue weighted by Crippen LogP contribution is -2.30. The number of anilines is 2. The first-order chi connectivity index (χ1) is 10.7. The van der Waals surface area contributed by atoms with Crippen molar-refractivity contribution in [2.24, 2.45) is 0 Å². The minimum Gasteiger partial charge on any atom is -0.365 e. The monoisotopic (exact) mass is 291 g/mol. The fraction of sp³-hybridized carbons (Fsp3) is 0.111. The molecule has 22 heavy (non-hydrogen) atoms. The van der Waals surface area contributed by atoms with Gasteiger partial charge in [0.25, 0.3) is 0 Å². The van der Waals surface area contributed by atoms with E-state index < -0.39 is 0 Å². The molecule has 3 aromatic rings. The average Bonchev–Trinajstić information content (AvgIpc) is 2.56. The zero-order valence-electron chi connectivity index (χ0n) is 12.4. The van der Waals surface area contributed by atoms with Crippen molar-refractivity contribution < 1.29 is 4.79 Å². The third kappa shape index (κ3) is 3.06. The molecule has 4 nitrogen and oxygen atoms in total. The van der Waals surface area contributed by atoms with Crippen LogP contribution in [0.15, 0.2) is 66.9 Å². The average molecular weight is 291 g/mol. The van der Waals surface area contributed by atoms with E-state index in [1.54, 1.807) is 6.20 Å². The van der Waals surface area contributed by atoms with Gasteiger partial charge in [0.1, 0.15) is 0 Å². The van der Waals surface area contributed by atoms with Crippen molar-refractivity contribution in [2.45, 2.75) is 0 Å². The van der Waals surface area contributed by atoms with Crippen LogP contribution in [0.4, 0.5) is 11.4 Å². The molecule has 0 saturated heterocycles. The van der Waals surface area contributed by atoms with Gasteiger partial charge in [-0.15, -0.1) is 0 Å². The minimum absolute atomic E-state index is 0.0653. The Labute approximate surface area is 129 Å². The molecule has 2 aromatic carbocycles. The molecule has 0 aliphatic carbocycles. The summed E-state index contributed by atoms with van der Waals surface area (Å²) < 4.78 is 0. The van der Waals surface area contributed by atoms with E-state index in [1.807, 2.05) is 72.6 Å². The molecule has 1 N–H and O–H groups in total. The van der Waals surface area contributed by atoms with Gasteiger partial charge in [0.05, 0.1) is 17.7 Å². The third-order valence-corrected chi connectivity index (χ3v) is 3.48. The van der Waals surface area contributed by atoms with Crippen molar-refractivity contribution in [2.75, 3.05) is 23.8 Å². The van der Waals surface area contributed by atoms with E-state index in [2.05, 4.69) is 10.3 Å². The molecule has 1 amide bonds. The van der Waals surface area contributed by atoms with Gasteiger partial charge in [0, 0.05) is 24.3 Å². The van der Waals surface area contributed by atoms with Crippen LogP contribution < -0.4 is 10.2 Å². The molecule has 0 aliphatic rings. The zero-order valence-corrected chi connectivity index (χ0v) is 12.4. The molecule has 0 atom stereocenters. The summed E-state index contributed by atoms with van der Waals surface area (Å²) in [6, 6.07) is 19.5. The van der Waals surface area contributed by atoms with Crippen molar-refractivity contribution in [3.63, 3.8) is 0 Å². The number of aromatic nitrogens is 1. The maximum Gasteiger partial charge on any atom is 0.243 e. The number of hydrogen-bond donors (Lipinski definition) is 1. The lowest BCUT2D eigenvalue weighted by atomic mass is 10.2. The normalized spacial score (nSPS) is 10.4. The molecule has 4 heteroatoms. The molecule has 1 aromatic heterocycles. The predicted molar refractivity (Wildman–Crippen MR) is 90.1 cm³/mol. The second-order valence-electron chi connectivity index (χ2n) is 5.12. The minimum atomic E-state index is -0.0653. The first-order valence-electron chi connectivity index (χ1n) is 7.14. The number of likely N-dealkylation sites (N-methyl/N-ethyl adjacent to an activating group) is 1. The van der Waals surface area contributed by atoms with Crippen LogP contribution in [0.1, 0.15) is 0 Å². The van der Waals surface area contributed by atoms with Gasteiger partial charge in [-0.25, -0.2) is 0 Å². The number of nitrogens with one attached hydrogen (secondary N) is 1. The van der Waals surface area contributed by atoms with Crippen molar-refractivity contribution in [1.82, 2.24) is 4.98 Å². The van der Waals surface area contributed by atoms with Crippen molar-refractivity contribution in [1.29, 1.82) is 0 Å². The number of nitrogens with zero attached hydrogens (tertiary/aromatic N) is 2. The highest BCUT2D eigenvalue weighted by atomic mass is 16.2. The van der Waals surface area contributed by atoms with E-state index in [9.17, 15) is 4.79 Å². The number of benzene rings is 2. The molecular formula is C18H17N3O.